The first kappa shape index (κ1) is 20.9. The highest BCUT2D eigenvalue weighted by Crippen LogP contribution is 2.29. The van der Waals surface area contributed by atoms with Crippen LogP contribution in [0.3, 0.4) is 0 Å². The first-order valence-electron chi connectivity index (χ1n) is 10.5. The normalized spacial score (nSPS) is 13.4. The largest absolute Gasteiger partial charge is 0.497 e. The van der Waals surface area contributed by atoms with Crippen molar-refractivity contribution in [1.82, 2.24) is 14.9 Å². The molecule has 31 heavy (non-hydrogen) atoms. The zero-order valence-corrected chi connectivity index (χ0v) is 18.2. The van der Waals surface area contributed by atoms with Crippen molar-refractivity contribution in [2.75, 3.05) is 32.7 Å². The quantitative estimate of drug-likeness (QED) is 0.586. The predicted molar refractivity (Wildman–Crippen MR) is 120 cm³/mol. The van der Waals surface area contributed by atoms with Crippen molar-refractivity contribution in [3.63, 3.8) is 0 Å². The smallest absolute Gasteiger partial charge is 0.227 e. The zero-order valence-electron chi connectivity index (χ0n) is 18.2. The molecule has 0 atom stereocenters. The summed E-state index contributed by atoms with van der Waals surface area (Å²) in [6.45, 7) is 5.20. The van der Waals surface area contributed by atoms with Gasteiger partial charge in [0.2, 0.25) is 5.95 Å². The lowest BCUT2D eigenvalue weighted by Gasteiger charge is -2.28. The molecule has 0 fully saturated rings. The summed E-state index contributed by atoms with van der Waals surface area (Å²) in [6.07, 6.45) is 2.82. The van der Waals surface area contributed by atoms with Crippen molar-refractivity contribution >= 4 is 11.6 Å². The summed E-state index contributed by atoms with van der Waals surface area (Å²) in [6, 6.07) is 13.9. The molecule has 2 heterocycles. The van der Waals surface area contributed by atoms with E-state index in [1.165, 1.54) is 11.1 Å². The molecule has 162 valence electrons. The van der Waals surface area contributed by atoms with Crippen LogP contribution in [0.5, 0.6) is 17.2 Å². The Bertz CT molecular complexity index is 1020. The van der Waals surface area contributed by atoms with E-state index in [4.69, 9.17) is 19.2 Å². The third-order valence-corrected chi connectivity index (χ3v) is 5.29. The van der Waals surface area contributed by atoms with Crippen LogP contribution >= 0.6 is 0 Å². The van der Waals surface area contributed by atoms with Crippen molar-refractivity contribution in [2.45, 2.75) is 26.4 Å². The van der Waals surface area contributed by atoms with Crippen LogP contribution in [0, 0.1) is 0 Å². The number of hydrogen-bond acceptors (Lipinski definition) is 7. The highest BCUT2D eigenvalue weighted by atomic mass is 16.5. The number of anilines is 2. The van der Waals surface area contributed by atoms with Gasteiger partial charge in [0.15, 0.2) is 11.5 Å². The van der Waals surface area contributed by atoms with Crippen LogP contribution in [0.2, 0.25) is 0 Å². The molecule has 2 aromatic carbocycles. The third kappa shape index (κ3) is 5.06. The molecule has 0 saturated heterocycles. The number of ether oxygens (including phenoxy) is 3. The molecule has 1 aromatic heterocycles. The first-order valence-corrected chi connectivity index (χ1v) is 10.5. The summed E-state index contributed by atoms with van der Waals surface area (Å²) in [4.78, 5) is 11.6. The summed E-state index contributed by atoms with van der Waals surface area (Å²) in [5, 5.41) is 3.27. The Kier molecular flexibility index (Phi) is 6.52. The standard InChI is InChI=1S/C24H28N4O3/c1-4-31-22-10-5-17(13-23(22)30-3)15-28-12-11-21-18(16-28)14-25-24(27-21)26-19-6-8-20(29-2)9-7-19/h5-10,13-14H,4,11-12,15-16H2,1-3H3,(H,25,26,27). The van der Waals surface area contributed by atoms with E-state index in [-0.39, 0.29) is 0 Å². The maximum absolute atomic E-state index is 5.62. The number of hydrogen-bond donors (Lipinski definition) is 1. The Morgan fingerprint density at radius 2 is 1.87 bits per heavy atom. The van der Waals surface area contributed by atoms with Crippen LogP contribution in [0.15, 0.2) is 48.7 Å². The van der Waals surface area contributed by atoms with E-state index in [2.05, 4.69) is 27.3 Å². The minimum atomic E-state index is 0.619. The molecule has 7 nitrogen and oxygen atoms in total. The summed E-state index contributed by atoms with van der Waals surface area (Å²) in [7, 11) is 3.33. The van der Waals surface area contributed by atoms with Gasteiger partial charge < -0.3 is 19.5 Å². The van der Waals surface area contributed by atoms with Crippen molar-refractivity contribution in [3.05, 3.63) is 65.5 Å². The lowest BCUT2D eigenvalue weighted by Crippen LogP contribution is -2.31. The van der Waals surface area contributed by atoms with Gasteiger partial charge in [0, 0.05) is 43.5 Å². The lowest BCUT2D eigenvalue weighted by molar-refractivity contribution is 0.242. The molecule has 1 aliphatic heterocycles. The number of nitrogens with zero attached hydrogens (tertiary/aromatic N) is 3. The van der Waals surface area contributed by atoms with E-state index < -0.39 is 0 Å². The molecule has 0 bridgehead atoms. The Morgan fingerprint density at radius 3 is 2.61 bits per heavy atom. The molecular weight excluding hydrogens is 392 g/mol. The minimum Gasteiger partial charge on any atom is -0.497 e. The van der Waals surface area contributed by atoms with Gasteiger partial charge in [-0.1, -0.05) is 6.07 Å². The molecule has 0 aliphatic carbocycles. The second-order valence-electron chi connectivity index (χ2n) is 7.40. The van der Waals surface area contributed by atoms with Crippen molar-refractivity contribution in [3.8, 4) is 17.2 Å². The molecule has 0 unspecified atom stereocenters. The van der Waals surface area contributed by atoms with Gasteiger partial charge in [0.25, 0.3) is 0 Å². The van der Waals surface area contributed by atoms with Crippen LogP contribution in [-0.2, 0) is 19.5 Å². The first-order chi connectivity index (χ1) is 15.2. The van der Waals surface area contributed by atoms with Crippen LogP contribution in [0.4, 0.5) is 11.6 Å². The highest BCUT2D eigenvalue weighted by Gasteiger charge is 2.19. The molecule has 4 rings (SSSR count). The summed E-state index contributed by atoms with van der Waals surface area (Å²) < 4.78 is 16.3. The Labute approximate surface area is 183 Å². The molecule has 0 saturated carbocycles. The molecule has 7 heteroatoms. The molecular formula is C24H28N4O3. The maximum Gasteiger partial charge on any atom is 0.227 e. The van der Waals surface area contributed by atoms with Crippen molar-refractivity contribution in [2.24, 2.45) is 0 Å². The Hall–Kier alpha value is -3.32. The van der Waals surface area contributed by atoms with Crippen LogP contribution in [-0.4, -0.2) is 42.2 Å². The van der Waals surface area contributed by atoms with Gasteiger partial charge in [-0.05, 0) is 48.9 Å². The van der Waals surface area contributed by atoms with E-state index in [0.717, 1.165) is 54.7 Å². The maximum atomic E-state index is 5.62. The fourth-order valence-corrected chi connectivity index (χ4v) is 3.72. The van der Waals surface area contributed by atoms with Crippen LogP contribution in [0.25, 0.3) is 0 Å². The second kappa shape index (κ2) is 9.66. The fraction of sp³-hybridized carbons (Fsp3) is 0.333. The number of rotatable bonds is 8. The summed E-state index contributed by atoms with van der Waals surface area (Å²) in [5.74, 6) is 2.99. The number of nitrogens with one attached hydrogen (secondary N) is 1. The molecule has 1 N–H and O–H groups in total. The van der Waals surface area contributed by atoms with Crippen LogP contribution < -0.4 is 19.5 Å². The Balaban J connectivity index is 1.41. The van der Waals surface area contributed by atoms with Gasteiger partial charge in [-0.2, -0.15) is 0 Å². The molecule has 0 radical (unpaired) electrons. The third-order valence-electron chi connectivity index (χ3n) is 5.29. The van der Waals surface area contributed by atoms with Gasteiger partial charge in [0.05, 0.1) is 26.5 Å². The molecule has 0 spiro atoms. The zero-order chi connectivity index (χ0) is 21.6. The highest BCUT2D eigenvalue weighted by molar-refractivity contribution is 5.54. The van der Waals surface area contributed by atoms with Gasteiger partial charge in [0.1, 0.15) is 5.75 Å². The number of methoxy groups -OCH3 is 2. The number of aromatic nitrogens is 2. The van der Waals surface area contributed by atoms with E-state index >= 15 is 0 Å². The average molecular weight is 421 g/mol. The van der Waals surface area contributed by atoms with Crippen molar-refractivity contribution in [1.29, 1.82) is 0 Å². The average Bonchev–Trinajstić information content (AvgIpc) is 2.81. The second-order valence-corrected chi connectivity index (χ2v) is 7.40. The predicted octanol–water partition coefficient (Wildman–Crippen LogP) is 4.19. The van der Waals surface area contributed by atoms with E-state index in [9.17, 15) is 0 Å². The van der Waals surface area contributed by atoms with E-state index in [0.29, 0.717) is 12.6 Å². The Morgan fingerprint density at radius 1 is 1.03 bits per heavy atom. The van der Waals surface area contributed by atoms with Crippen molar-refractivity contribution < 1.29 is 14.2 Å². The molecule has 0 amide bonds. The van der Waals surface area contributed by atoms with E-state index in [1.807, 2.05) is 43.5 Å². The van der Waals surface area contributed by atoms with Gasteiger partial charge >= 0.3 is 0 Å². The minimum absolute atomic E-state index is 0.619. The van der Waals surface area contributed by atoms with Crippen LogP contribution in [0.1, 0.15) is 23.7 Å². The molecule has 1 aliphatic rings. The molecule has 3 aromatic rings. The van der Waals surface area contributed by atoms with Gasteiger partial charge in [-0.3, -0.25) is 4.90 Å². The summed E-state index contributed by atoms with van der Waals surface area (Å²) >= 11 is 0. The topological polar surface area (TPSA) is 68.7 Å². The number of fused-ring (bicyclic) bond motifs is 1. The van der Waals surface area contributed by atoms with Gasteiger partial charge in [-0.25, -0.2) is 9.97 Å². The lowest BCUT2D eigenvalue weighted by atomic mass is 10.1. The SMILES string of the molecule is CCOc1ccc(CN2CCc3nc(Nc4ccc(OC)cc4)ncc3C2)cc1OC. The fourth-order valence-electron chi connectivity index (χ4n) is 3.72. The number of benzene rings is 2. The monoisotopic (exact) mass is 420 g/mol. The van der Waals surface area contributed by atoms with E-state index in [1.54, 1.807) is 14.2 Å². The van der Waals surface area contributed by atoms with Gasteiger partial charge in [-0.15, -0.1) is 0 Å². The summed E-state index contributed by atoms with van der Waals surface area (Å²) in [5.41, 5.74) is 4.40.